The van der Waals surface area contributed by atoms with Crippen molar-refractivity contribution in [1.29, 1.82) is 0 Å². The topological polar surface area (TPSA) is 23.6 Å². The van der Waals surface area contributed by atoms with Gasteiger partial charge in [0.2, 0.25) is 5.91 Å². The van der Waals surface area contributed by atoms with E-state index < -0.39 is 11.7 Å². The van der Waals surface area contributed by atoms with E-state index in [0.717, 1.165) is 41.8 Å². The van der Waals surface area contributed by atoms with Crippen LogP contribution in [0, 0.1) is 0 Å². The molecule has 1 heterocycles. The van der Waals surface area contributed by atoms with Crippen molar-refractivity contribution in [2.24, 2.45) is 0 Å². The highest BCUT2D eigenvalue weighted by Gasteiger charge is 2.31. The standard InChI is InChI=1S/C23H27F3N2O/c1-22(2)11-12-28(15-21(29)27(3)4)14-18-13-17(7-10-20(18)22)16-5-8-19(9-6-16)23(24,25)26/h5-10,13H,11-12,14-15H2,1-4H3. The van der Waals surface area contributed by atoms with Crippen molar-refractivity contribution >= 4 is 5.91 Å². The van der Waals surface area contributed by atoms with Crippen LogP contribution in [0.4, 0.5) is 13.2 Å². The monoisotopic (exact) mass is 404 g/mol. The van der Waals surface area contributed by atoms with E-state index in [2.05, 4.69) is 30.9 Å². The molecule has 6 heteroatoms. The molecule has 0 bridgehead atoms. The van der Waals surface area contributed by atoms with Crippen molar-refractivity contribution in [1.82, 2.24) is 9.80 Å². The van der Waals surface area contributed by atoms with E-state index in [1.165, 1.54) is 17.7 Å². The Kier molecular flexibility index (Phi) is 5.77. The lowest BCUT2D eigenvalue weighted by Crippen LogP contribution is -2.36. The van der Waals surface area contributed by atoms with Crippen molar-refractivity contribution in [2.45, 2.75) is 38.4 Å². The van der Waals surface area contributed by atoms with Gasteiger partial charge in [-0.25, -0.2) is 0 Å². The SMILES string of the molecule is CN(C)C(=O)CN1CCC(C)(C)c2ccc(-c3ccc(C(F)(F)F)cc3)cc2C1. The predicted octanol–water partition coefficient (Wildman–Crippen LogP) is 4.94. The Hall–Kier alpha value is -2.34. The van der Waals surface area contributed by atoms with Crippen LogP contribution < -0.4 is 0 Å². The molecular formula is C23H27F3N2O. The molecule has 0 unspecified atom stereocenters. The molecule has 0 aliphatic carbocycles. The number of carbonyl (C=O) groups is 1. The number of fused-ring (bicyclic) bond motifs is 1. The molecule has 3 nitrogen and oxygen atoms in total. The summed E-state index contributed by atoms with van der Waals surface area (Å²) < 4.78 is 38.5. The molecule has 3 rings (SSSR count). The number of nitrogens with zero attached hydrogens (tertiary/aromatic N) is 2. The highest BCUT2D eigenvalue weighted by atomic mass is 19.4. The number of halogens is 3. The van der Waals surface area contributed by atoms with Crippen LogP contribution in [0.5, 0.6) is 0 Å². The summed E-state index contributed by atoms with van der Waals surface area (Å²) in [5, 5.41) is 0. The van der Waals surface area contributed by atoms with E-state index in [1.54, 1.807) is 19.0 Å². The van der Waals surface area contributed by atoms with E-state index in [9.17, 15) is 18.0 Å². The molecule has 0 fully saturated rings. The minimum atomic E-state index is -4.34. The number of alkyl halides is 3. The maximum atomic E-state index is 12.8. The zero-order chi connectivity index (χ0) is 21.4. The molecule has 156 valence electrons. The quantitative estimate of drug-likeness (QED) is 0.723. The van der Waals surface area contributed by atoms with Crippen molar-refractivity contribution < 1.29 is 18.0 Å². The molecule has 0 aromatic heterocycles. The summed E-state index contributed by atoms with van der Waals surface area (Å²) in [6.45, 7) is 6.21. The van der Waals surface area contributed by atoms with E-state index in [-0.39, 0.29) is 11.3 Å². The number of rotatable bonds is 3. The summed E-state index contributed by atoms with van der Waals surface area (Å²) in [6.07, 6.45) is -3.41. The van der Waals surface area contributed by atoms with Gasteiger partial charge >= 0.3 is 6.18 Å². The summed E-state index contributed by atoms with van der Waals surface area (Å²) in [5.74, 6) is 0.0603. The van der Waals surface area contributed by atoms with Crippen LogP contribution in [0.3, 0.4) is 0 Å². The van der Waals surface area contributed by atoms with Gasteiger partial charge in [0.25, 0.3) is 0 Å². The van der Waals surface area contributed by atoms with Crippen molar-refractivity contribution in [2.75, 3.05) is 27.2 Å². The average Bonchev–Trinajstić information content (AvgIpc) is 2.77. The number of amides is 1. The third-order valence-corrected chi connectivity index (χ3v) is 5.68. The third-order valence-electron chi connectivity index (χ3n) is 5.68. The summed E-state index contributed by atoms with van der Waals surface area (Å²) in [6, 6.07) is 11.4. The van der Waals surface area contributed by atoms with Gasteiger partial charge in [-0.1, -0.05) is 38.1 Å². The Morgan fingerprint density at radius 3 is 2.28 bits per heavy atom. The minimum absolute atomic E-state index is 0.0378. The second kappa shape index (κ2) is 7.82. The Labute approximate surface area is 170 Å². The summed E-state index contributed by atoms with van der Waals surface area (Å²) in [5.41, 5.74) is 3.30. The predicted molar refractivity (Wildman–Crippen MR) is 108 cm³/mol. The summed E-state index contributed by atoms with van der Waals surface area (Å²) in [4.78, 5) is 15.9. The number of carbonyl (C=O) groups excluding carboxylic acids is 1. The lowest BCUT2D eigenvalue weighted by molar-refractivity contribution is -0.137. The highest BCUT2D eigenvalue weighted by molar-refractivity contribution is 5.77. The van der Waals surface area contributed by atoms with Gasteiger partial charge in [-0.05, 0) is 58.8 Å². The maximum Gasteiger partial charge on any atom is 0.416 e. The Bertz CT molecular complexity index is 886. The van der Waals surface area contributed by atoms with Crippen LogP contribution in [-0.4, -0.2) is 42.9 Å². The van der Waals surface area contributed by atoms with E-state index >= 15 is 0 Å². The average molecular weight is 404 g/mol. The maximum absolute atomic E-state index is 12.8. The molecule has 0 spiro atoms. The first-order valence-electron chi connectivity index (χ1n) is 9.71. The van der Waals surface area contributed by atoms with Gasteiger partial charge in [-0.2, -0.15) is 13.2 Å². The van der Waals surface area contributed by atoms with E-state index in [4.69, 9.17) is 0 Å². The van der Waals surface area contributed by atoms with Gasteiger partial charge in [0.05, 0.1) is 12.1 Å². The molecule has 2 aromatic rings. The smallest absolute Gasteiger partial charge is 0.348 e. The fraction of sp³-hybridized carbons (Fsp3) is 0.435. The first kappa shape index (κ1) is 21.4. The molecule has 2 aromatic carbocycles. The lowest BCUT2D eigenvalue weighted by Gasteiger charge is -2.25. The molecule has 1 amide bonds. The molecule has 0 radical (unpaired) electrons. The van der Waals surface area contributed by atoms with Crippen LogP contribution >= 0.6 is 0 Å². The number of hydrogen-bond donors (Lipinski definition) is 0. The summed E-state index contributed by atoms with van der Waals surface area (Å²) >= 11 is 0. The second-order valence-electron chi connectivity index (χ2n) is 8.58. The molecule has 1 aliphatic rings. The van der Waals surface area contributed by atoms with Gasteiger partial charge in [0.1, 0.15) is 0 Å². The van der Waals surface area contributed by atoms with Gasteiger partial charge in [-0.15, -0.1) is 0 Å². The fourth-order valence-electron chi connectivity index (χ4n) is 3.78. The number of likely N-dealkylation sites (N-methyl/N-ethyl adjacent to an activating group) is 1. The molecule has 0 saturated heterocycles. The largest absolute Gasteiger partial charge is 0.416 e. The first-order valence-corrected chi connectivity index (χ1v) is 9.71. The zero-order valence-electron chi connectivity index (χ0n) is 17.3. The van der Waals surface area contributed by atoms with Crippen LogP contribution in [-0.2, 0) is 22.9 Å². The van der Waals surface area contributed by atoms with Gasteiger partial charge in [0, 0.05) is 20.6 Å². The van der Waals surface area contributed by atoms with Crippen LogP contribution in [0.25, 0.3) is 11.1 Å². The Balaban J connectivity index is 1.93. The van der Waals surface area contributed by atoms with Gasteiger partial charge in [-0.3, -0.25) is 9.69 Å². The molecule has 0 atom stereocenters. The van der Waals surface area contributed by atoms with Gasteiger partial charge in [0.15, 0.2) is 0 Å². The lowest BCUT2D eigenvalue weighted by atomic mass is 9.79. The normalized spacial score (nSPS) is 16.8. The molecular weight excluding hydrogens is 377 g/mol. The third kappa shape index (κ3) is 4.81. The number of benzene rings is 2. The molecule has 0 saturated carbocycles. The zero-order valence-corrected chi connectivity index (χ0v) is 17.3. The second-order valence-corrected chi connectivity index (χ2v) is 8.58. The van der Waals surface area contributed by atoms with Crippen LogP contribution in [0.2, 0.25) is 0 Å². The van der Waals surface area contributed by atoms with Gasteiger partial charge < -0.3 is 4.90 Å². The van der Waals surface area contributed by atoms with E-state index in [1.807, 2.05) is 6.07 Å². The van der Waals surface area contributed by atoms with Crippen LogP contribution in [0.1, 0.15) is 37.0 Å². The van der Waals surface area contributed by atoms with Crippen molar-refractivity contribution in [3.63, 3.8) is 0 Å². The number of hydrogen-bond acceptors (Lipinski definition) is 2. The molecule has 0 N–H and O–H groups in total. The Morgan fingerprint density at radius 2 is 1.69 bits per heavy atom. The highest BCUT2D eigenvalue weighted by Crippen LogP contribution is 2.37. The van der Waals surface area contributed by atoms with Crippen molar-refractivity contribution in [3.05, 3.63) is 59.2 Å². The first-order chi connectivity index (χ1) is 13.5. The van der Waals surface area contributed by atoms with Crippen LogP contribution in [0.15, 0.2) is 42.5 Å². The van der Waals surface area contributed by atoms with E-state index in [0.29, 0.717) is 13.1 Å². The molecule has 29 heavy (non-hydrogen) atoms. The summed E-state index contributed by atoms with van der Waals surface area (Å²) in [7, 11) is 3.50. The van der Waals surface area contributed by atoms with Crippen molar-refractivity contribution in [3.8, 4) is 11.1 Å². The molecule has 1 aliphatic heterocycles. The minimum Gasteiger partial charge on any atom is -0.348 e. The fourth-order valence-corrected chi connectivity index (χ4v) is 3.78. The Morgan fingerprint density at radius 1 is 1.07 bits per heavy atom.